The first-order valence-corrected chi connectivity index (χ1v) is 13.0. The van der Waals surface area contributed by atoms with Crippen molar-refractivity contribution in [1.82, 2.24) is 14.9 Å². The van der Waals surface area contributed by atoms with Crippen molar-refractivity contribution >= 4 is 32.7 Å². The minimum Gasteiger partial charge on any atom is -0.335 e. The molecular formula is C24H26N4O4S. The average molecular weight is 467 g/mol. The van der Waals surface area contributed by atoms with Gasteiger partial charge in [0, 0.05) is 23.8 Å². The molecule has 3 aromatic rings. The van der Waals surface area contributed by atoms with Crippen LogP contribution in [0, 0.1) is 17.8 Å². The minimum atomic E-state index is -3.85. The summed E-state index contributed by atoms with van der Waals surface area (Å²) >= 11 is 0. The highest BCUT2D eigenvalue weighted by atomic mass is 32.2. The van der Waals surface area contributed by atoms with E-state index >= 15 is 0 Å². The molecule has 8 nitrogen and oxygen atoms in total. The van der Waals surface area contributed by atoms with E-state index in [0.29, 0.717) is 34.2 Å². The molecule has 7 rings (SSSR count). The van der Waals surface area contributed by atoms with Crippen LogP contribution in [0.25, 0.3) is 11.0 Å². The lowest BCUT2D eigenvalue weighted by atomic mass is 9.68. The number of aromatic amines is 2. The van der Waals surface area contributed by atoms with Gasteiger partial charge in [-0.05, 0) is 92.3 Å². The number of amides is 1. The van der Waals surface area contributed by atoms with E-state index in [-0.39, 0.29) is 10.8 Å². The van der Waals surface area contributed by atoms with E-state index < -0.39 is 15.7 Å². The predicted molar refractivity (Wildman–Crippen MR) is 125 cm³/mol. The predicted octanol–water partition coefficient (Wildman–Crippen LogP) is 3.31. The molecule has 1 aromatic heterocycles. The zero-order valence-corrected chi connectivity index (χ0v) is 18.9. The van der Waals surface area contributed by atoms with Gasteiger partial charge in [0.05, 0.1) is 15.9 Å². The first kappa shape index (κ1) is 20.5. The number of carbonyl (C=O) groups is 1. The number of hydrogen-bond acceptors (Lipinski definition) is 4. The monoisotopic (exact) mass is 466 g/mol. The fourth-order valence-corrected chi connectivity index (χ4v) is 7.36. The number of carbonyl (C=O) groups excluding carboxylic acids is 1. The Hall–Kier alpha value is -3.07. The second-order valence-electron chi connectivity index (χ2n) is 9.86. The molecule has 4 aliphatic rings. The summed E-state index contributed by atoms with van der Waals surface area (Å²) in [6.07, 6.45) is 6.07. The molecule has 1 amide bonds. The average Bonchev–Trinajstić information content (AvgIpc) is 3.04. The summed E-state index contributed by atoms with van der Waals surface area (Å²) < 4.78 is 28.2. The molecule has 9 heteroatoms. The van der Waals surface area contributed by atoms with Gasteiger partial charge in [-0.15, -0.1) is 0 Å². The molecule has 4 bridgehead atoms. The second-order valence-corrected chi connectivity index (χ2v) is 11.5. The van der Waals surface area contributed by atoms with E-state index in [1.807, 2.05) is 0 Å². The van der Waals surface area contributed by atoms with Crippen LogP contribution in [0.2, 0.25) is 0 Å². The Balaban J connectivity index is 1.20. The highest BCUT2D eigenvalue weighted by molar-refractivity contribution is 7.92. The SMILES string of the molecule is O=C(c1ccc(NS(=O)(=O)c2ccc3[nH]c(=O)[nH]c3c2)cc1)N1CC2CC3CC(C2)CC1C3. The van der Waals surface area contributed by atoms with Crippen molar-refractivity contribution in [2.75, 3.05) is 11.3 Å². The van der Waals surface area contributed by atoms with Gasteiger partial charge in [0.2, 0.25) is 0 Å². The first-order valence-electron chi connectivity index (χ1n) is 11.5. The molecule has 2 aliphatic heterocycles. The maximum Gasteiger partial charge on any atom is 0.323 e. The Morgan fingerprint density at radius 3 is 2.27 bits per heavy atom. The molecule has 172 valence electrons. The van der Waals surface area contributed by atoms with Gasteiger partial charge in [0.15, 0.2) is 0 Å². The zero-order chi connectivity index (χ0) is 22.7. The maximum atomic E-state index is 13.3. The number of hydrogen-bond donors (Lipinski definition) is 3. The van der Waals surface area contributed by atoms with Gasteiger partial charge in [0.1, 0.15) is 0 Å². The fourth-order valence-electron chi connectivity index (χ4n) is 6.27. The molecular weight excluding hydrogens is 440 g/mol. The Morgan fingerprint density at radius 1 is 0.879 bits per heavy atom. The lowest BCUT2D eigenvalue weighted by Gasteiger charge is -2.39. The molecule has 2 atom stereocenters. The Labute approximate surface area is 191 Å². The summed E-state index contributed by atoms with van der Waals surface area (Å²) in [6.45, 7) is 0.842. The number of nitrogens with one attached hydrogen (secondary N) is 3. The molecule has 2 saturated heterocycles. The molecule has 33 heavy (non-hydrogen) atoms. The standard InChI is InChI=1S/C24H26N4O4S/c29-23(28-13-16-8-14-7-15(9-16)11-19(28)10-14)17-1-3-18(4-2-17)27-33(31,32)20-5-6-21-22(12-20)26-24(30)25-21/h1-6,12,14-16,19,27H,7-11,13H2,(H2,25,26,30). The Bertz CT molecular complexity index is 1380. The van der Waals surface area contributed by atoms with Crippen LogP contribution in [-0.2, 0) is 10.0 Å². The van der Waals surface area contributed by atoms with Gasteiger partial charge in [-0.1, -0.05) is 0 Å². The lowest BCUT2D eigenvalue weighted by molar-refractivity contribution is 0.0632. The molecule has 3 N–H and O–H groups in total. The first-order chi connectivity index (χ1) is 15.8. The number of aromatic nitrogens is 2. The quantitative estimate of drug-likeness (QED) is 0.547. The smallest absolute Gasteiger partial charge is 0.323 e. The van der Waals surface area contributed by atoms with E-state index in [1.54, 1.807) is 30.3 Å². The van der Waals surface area contributed by atoms with Crippen molar-refractivity contribution in [2.24, 2.45) is 17.8 Å². The summed E-state index contributed by atoms with van der Waals surface area (Å²) in [4.78, 5) is 32.0. The zero-order valence-electron chi connectivity index (χ0n) is 18.1. The van der Waals surface area contributed by atoms with E-state index in [1.165, 1.54) is 31.4 Å². The molecule has 2 aliphatic carbocycles. The number of sulfonamides is 1. The highest BCUT2D eigenvalue weighted by Crippen LogP contribution is 2.47. The van der Waals surface area contributed by atoms with Crippen molar-refractivity contribution in [2.45, 2.75) is 43.0 Å². The number of rotatable bonds is 4. The van der Waals surface area contributed by atoms with Crippen LogP contribution in [0.4, 0.5) is 5.69 Å². The van der Waals surface area contributed by atoms with Gasteiger partial charge >= 0.3 is 5.69 Å². The van der Waals surface area contributed by atoms with Crippen LogP contribution in [0.1, 0.15) is 42.5 Å². The molecule has 0 spiro atoms. The van der Waals surface area contributed by atoms with Crippen molar-refractivity contribution in [3.05, 3.63) is 58.5 Å². The summed E-state index contributed by atoms with van der Waals surface area (Å²) in [5.74, 6) is 2.20. The third-order valence-electron chi connectivity index (χ3n) is 7.55. The molecule has 2 unspecified atom stereocenters. The minimum absolute atomic E-state index is 0.0424. The van der Waals surface area contributed by atoms with E-state index in [0.717, 1.165) is 31.2 Å². The van der Waals surface area contributed by atoms with Crippen molar-refractivity contribution in [1.29, 1.82) is 0 Å². The summed E-state index contributed by atoms with van der Waals surface area (Å²) in [6, 6.07) is 11.4. The number of H-pyrrole nitrogens is 2. The van der Waals surface area contributed by atoms with Crippen molar-refractivity contribution in [3.63, 3.8) is 0 Å². The van der Waals surface area contributed by atoms with Gasteiger partial charge in [-0.25, -0.2) is 13.2 Å². The number of benzene rings is 2. The lowest BCUT2D eigenvalue weighted by Crippen LogP contribution is -2.42. The fraction of sp³-hybridized carbons (Fsp3) is 0.417. The van der Waals surface area contributed by atoms with Crippen molar-refractivity contribution < 1.29 is 13.2 Å². The third-order valence-corrected chi connectivity index (χ3v) is 8.93. The molecule has 4 fully saturated rings. The molecule has 0 radical (unpaired) electrons. The van der Waals surface area contributed by atoms with Gasteiger partial charge in [0.25, 0.3) is 15.9 Å². The van der Waals surface area contributed by atoms with E-state index in [2.05, 4.69) is 19.6 Å². The second kappa shape index (κ2) is 7.48. The normalized spacial score (nSPS) is 26.5. The summed E-state index contributed by atoms with van der Waals surface area (Å²) in [5.41, 5.74) is 1.54. The van der Waals surface area contributed by atoms with Crippen molar-refractivity contribution in [3.8, 4) is 0 Å². The Kier molecular flexibility index (Phi) is 4.65. The van der Waals surface area contributed by atoms with Crippen LogP contribution in [-0.4, -0.2) is 41.8 Å². The topological polar surface area (TPSA) is 115 Å². The summed E-state index contributed by atoms with van der Waals surface area (Å²) in [5, 5.41) is 0. The number of imidazole rings is 1. The van der Waals surface area contributed by atoms with Crippen LogP contribution in [0.3, 0.4) is 0 Å². The van der Waals surface area contributed by atoms with Crippen LogP contribution in [0.15, 0.2) is 52.2 Å². The van der Waals surface area contributed by atoms with Crippen LogP contribution < -0.4 is 10.4 Å². The van der Waals surface area contributed by atoms with Crippen LogP contribution >= 0.6 is 0 Å². The number of fused-ring (bicyclic) bond motifs is 2. The largest absolute Gasteiger partial charge is 0.335 e. The molecule has 2 saturated carbocycles. The maximum absolute atomic E-state index is 13.3. The van der Waals surface area contributed by atoms with E-state index in [4.69, 9.17) is 0 Å². The molecule has 2 aromatic carbocycles. The number of anilines is 1. The van der Waals surface area contributed by atoms with E-state index in [9.17, 15) is 18.0 Å². The highest BCUT2D eigenvalue weighted by Gasteiger charge is 2.44. The van der Waals surface area contributed by atoms with Crippen LogP contribution in [0.5, 0.6) is 0 Å². The molecule has 3 heterocycles. The van der Waals surface area contributed by atoms with Gasteiger partial charge in [-0.3, -0.25) is 9.52 Å². The van der Waals surface area contributed by atoms with Gasteiger partial charge in [-0.2, -0.15) is 0 Å². The number of nitrogens with zero attached hydrogens (tertiary/aromatic N) is 1. The Morgan fingerprint density at radius 2 is 1.55 bits per heavy atom. The summed E-state index contributed by atoms with van der Waals surface area (Å²) in [7, 11) is -3.85. The van der Waals surface area contributed by atoms with Gasteiger partial charge < -0.3 is 14.9 Å². The third kappa shape index (κ3) is 3.74.